The molecule has 0 aliphatic carbocycles. The summed E-state index contributed by atoms with van der Waals surface area (Å²) in [7, 11) is 0. The van der Waals surface area contributed by atoms with Gasteiger partial charge in [-0.15, -0.1) is 0 Å². The Balaban J connectivity index is 1.63. The number of aromatic nitrogens is 2. The zero-order valence-corrected chi connectivity index (χ0v) is 13.3. The Hall–Kier alpha value is -2.66. The first kappa shape index (κ1) is 15.2. The number of benzene rings is 1. The van der Waals surface area contributed by atoms with E-state index in [0.29, 0.717) is 6.54 Å². The smallest absolute Gasteiger partial charge is 0.244 e. The highest BCUT2D eigenvalue weighted by atomic mass is 32.1. The predicted octanol–water partition coefficient (Wildman–Crippen LogP) is 3.36. The van der Waals surface area contributed by atoms with Gasteiger partial charge in [0.15, 0.2) is 0 Å². The minimum Gasteiger partial charge on any atom is -0.350 e. The maximum absolute atomic E-state index is 12.0. The van der Waals surface area contributed by atoms with Gasteiger partial charge in [-0.1, -0.05) is 30.3 Å². The predicted molar refractivity (Wildman–Crippen MR) is 93.2 cm³/mol. The third kappa shape index (κ3) is 4.17. The van der Waals surface area contributed by atoms with E-state index < -0.39 is 0 Å². The van der Waals surface area contributed by atoms with E-state index in [4.69, 9.17) is 0 Å². The fourth-order valence-electron chi connectivity index (χ4n) is 2.29. The van der Waals surface area contributed by atoms with Gasteiger partial charge >= 0.3 is 0 Å². The maximum atomic E-state index is 12.0. The molecule has 0 bridgehead atoms. The van der Waals surface area contributed by atoms with E-state index >= 15 is 0 Å². The molecule has 23 heavy (non-hydrogen) atoms. The molecule has 1 N–H and O–H groups in total. The van der Waals surface area contributed by atoms with Crippen LogP contribution in [0.1, 0.15) is 17.2 Å². The van der Waals surface area contributed by atoms with Crippen molar-refractivity contribution in [2.24, 2.45) is 0 Å². The van der Waals surface area contributed by atoms with Gasteiger partial charge in [0.2, 0.25) is 5.91 Å². The van der Waals surface area contributed by atoms with E-state index in [1.54, 1.807) is 23.6 Å². The van der Waals surface area contributed by atoms with Gasteiger partial charge in [0.1, 0.15) is 0 Å². The quantitative estimate of drug-likeness (QED) is 0.707. The zero-order valence-electron chi connectivity index (χ0n) is 12.5. The summed E-state index contributed by atoms with van der Waals surface area (Å²) in [4.78, 5) is 12.0. The summed E-state index contributed by atoms with van der Waals surface area (Å²) >= 11 is 1.64. The van der Waals surface area contributed by atoms with Crippen molar-refractivity contribution in [3.63, 3.8) is 0 Å². The average Bonchev–Trinajstić information content (AvgIpc) is 3.28. The Labute approximate surface area is 139 Å². The molecule has 3 rings (SSSR count). The van der Waals surface area contributed by atoms with Crippen molar-refractivity contribution in [1.29, 1.82) is 0 Å². The number of carbonyl (C=O) groups is 1. The fraction of sp³-hybridized carbons (Fsp3) is 0.111. The van der Waals surface area contributed by atoms with Gasteiger partial charge in [0, 0.05) is 25.0 Å². The van der Waals surface area contributed by atoms with Crippen molar-refractivity contribution >= 4 is 23.3 Å². The first-order chi connectivity index (χ1) is 11.3. The first-order valence-corrected chi connectivity index (χ1v) is 8.29. The standard InChI is InChI=1S/C18H17N3OS/c22-18(8-7-15-5-2-1-3-6-15)19-13-17(16-9-12-23-14-16)21-11-4-10-20-21/h1-12,14,17H,13H2,(H,19,22)/b8-7+. The van der Waals surface area contributed by atoms with Gasteiger partial charge in [-0.2, -0.15) is 16.4 Å². The molecule has 0 saturated heterocycles. The summed E-state index contributed by atoms with van der Waals surface area (Å²) in [6.45, 7) is 0.496. The third-order valence-corrected chi connectivity index (χ3v) is 4.17. The van der Waals surface area contributed by atoms with Crippen LogP contribution in [0.5, 0.6) is 0 Å². The Morgan fingerprint density at radius 3 is 2.83 bits per heavy atom. The number of rotatable bonds is 6. The highest BCUT2D eigenvalue weighted by molar-refractivity contribution is 7.07. The summed E-state index contributed by atoms with van der Waals surface area (Å²) in [5.41, 5.74) is 2.15. The fourth-order valence-corrected chi connectivity index (χ4v) is 2.99. The number of hydrogen-bond donors (Lipinski definition) is 1. The molecule has 116 valence electrons. The summed E-state index contributed by atoms with van der Waals surface area (Å²) < 4.78 is 1.86. The van der Waals surface area contributed by atoms with Crippen LogP contribution in [0, 0.1) is 0 Å². The molecule has 0 radical (unpaired) electrons. The van der Waals surface area contributed by atoms with Crippen molar-refractivity contribution in [2.45, 2.75) is 6.04 Å². The number of nitrogens with zero attached hydrogens (tertiary/aromatic N) is 2. The van der Waals surface area contributed by atoms with Gasteiger partial charge in [-0.3, -0.25) is 9.48 Å². The molecule has 1 unspecified atom stereocenters. The Morgan fingerprint density at radius 1 is 1.26 bits per heavy atom. The second-order valence-electron chi connectivity index (χ2n) is 5.05. The number of thiophene rings is 1. The summed E-state index contributed by atoms with van der Waals surface area (Å²) in [6, 6.07) is 13.7. The molecule has 2 aromatic heterocycles. The molecule has 3 aromatic rings. The summed E-state index contributed by atoms with van der Waals surface area (Å²) in [5.74, 6) is -0.110. The number of nitrogens with one attached hydrogen (secondary N) is 1. The van der Waals surface area contributed by atoms with Crippen molar-refractivity contribution in [3.8, 4) is 0 Å². The van der Waals surface area contributed by atoms with Gasteiger partial charge < -0.3 is 5.32 Å². The molecule has 2 heterocycles. The van der Waals surface area contributed by atoms with Gasteiger partial charge in [0.05, 0.1) is 6.04 Å². The zero-order chi connectivity index (χ0) is 15.9. The van der Waals surface area contributed by atoms with Crippen LogP contribution in [0.15, 0.2) is 71.7 Å². The van der Waals surface area contributed by atoms with E-state index in [1.165, 1.54) is 0 Å². The molecule has 0 aliphatic rings. The lowest BCUT2D eigenvalue weighted by Gasteiger charge is -2.16. The van der Waals surface area contributed by atoms with Crippen molar-refractivity contribution in [1.82, 2.24) is 15.1 Å². The molecule has 5 heteroatoms. The van der Waals surface area contributed by atoms with Crippen LogP contribution in [0.3, 0.4) is 0 Å². The number of carbonyl (C=O) groups excluding carboxylic acids is 1. The van der Waals surface area contributed by atoms with E-state index in [1.807, 2.05) is 58.7 Å². The second-order valence-corrected chi connectivity index (χ2v) is 5.83. The van der Waals surface area contributed by atoms with Gasteiger partial charge in [0.25, 0.3) is 0 Å². The largest absolute Gasteiger partial charge is 0.350 e. The molecule has 0 aliphatic heterocycles. The highest BCUT2D eigenvalue weighted by Gasteiger charge is 2.15. The molecule has 1 aromatic carbocycles. The van der Waals surface area contributed by atoms with Gasteiger partial charge in [-0.05, 0) is 40.1 Å². The molecule has 1 atom stereocenters. The van der Waals surface area contributed by atoms with Crippen LogP contribution in [0.4, 0.5) is 0 Å². The third-order valence-electron chi connectivity index (χ3n) is 3.47. The lowest BCUT2D eigenvalue weighted by molar-refractivity contribution is -0.116. The van der Waals surface area contributed by atoms with Crippen LogP contribution in [0.25, 0.3) is 6.08 Å². The van der Waals surface area contributed by atoms with Crippen molar-refractivity contribution in [3.05, 3.63) is 82.8 Å². The number of hydrogen-bond acceptors (Lipinski definition) is 3. The Kier molecular flexibility index (Phi) is 5.01. The lowest BCUT2D eigenvalue weighted by atomic mass is 10.1. The molecule has 0 spiro atoms. The summed E-state index contributed by atoms with van der Waals surface area (Å²) in [6.07, 6.45) is 7.02. The maximum Gasteiger partial charge on any atom is 0.244 e. The van der Waals surface area contributed by atoms with E-state index in [2.05, 4.69) is 21.9 Å². The molecule has 4 nitrogen and oxygen atoms in total. The minimum absolute atomic E-state index is 0.00493. The Bertz CT molecular complexity index is 715. The van der Waals surface area contributed by atoms with Crippen molar-refractivity contribution in [2.75, 3.05) is 6.54 Å². The molecule has 1 amide bonds. The minimum atomic E-state index is -0.110. The van der Waals surface area contributed by atoms with E-state index in [-0.39, 0.29) is 11.9 Å². The molecular weight excluding hydrogens is 306 g/mol. The molecule has 0 fully saturated rings. The average molecular weight is 323 g/mol. The highest BCUT2D eigenvalue weighted by Crippen LogP contribution is 2.19. The van der Waals surface area contributed by atoms with Crippen LogP contribution >= 0.6 is 11.3 Å². The van der Waals surface area contributed by atoms with Crippen LogP contribution in [-0.4, -0.2) is 22.2 Å². The Morgan fingerprint density at radius 2 is 2.13 bits per heavy atom. The molecular formula is C18H17N3OS. The molecule has 0 saturated carbocycles. The lowest BCUT2D eigenvalue weighted by Crippen LogP contribution is -2.30. The monoisotopic (exact) mass is 323 g/mol. The van der Waals surface area contributed by atoms with Crippen LogP contribution < -0.4 is 5.32 Å². The topological polar surface area (TPSA) is 46.9 Å². The normalized spacial score (nSPS) is 12.3. The first-order valence-electron chi connectivity index (χ1n) is 7.35. The number of amides is 1. The second kappa shape index (κ2) is 7.56. The van der Waals surface area contributed by atoms with Crippen molar-refractivity contribution < 1.29 is 4.79 Å². The van der Waals surface area contributed by atoms with Crippen LogP contribution in [0.2, 0.25) is 0 Å². The van der Waals surface area contributed by atoms with E-state index in [9.17, 15) is 4.79 Å². The van der Waals surface area contributed by atoms with E-state index in [0.717, 1.165) is 11.1 Å². The van der Waals surface area contributed by atoms with Crippen LogP contribution in [-0.2, 0) is 4.79 Å². The SMILES string of the molecule is O=C(/C=C/c1ccccc1)NCC(c1ccsc1)n1cccn1. The van der Waals surface area contributed by atoms with Gasteiger partial charge in [-0.25, -0.2) is 0 Å². The summed E-state index contributed by atoms with van der Waals surface area (Å²) in [5, 5.41) is 11.4.